The Hall–Kier alpha value is -4.38. The monoisotopic (exact) mass is 520 g/mol. The van der Waals surface area contributed by atoms with Gasteiger partial charge in [0.2, 0.25) is 0 Å². The molecular formula is C26H19F3N6OS. The first-order chi connectivity index (χ1) is 17.6. The lowest BCUT2D eigenvalue weighted by molar-refractivity contribution is -0.137. The van der Waals surface area contributed by atoms with Crippen LogP contribution in [0.3, 0.4) is 0 Å². The van der Waals surface area contributed by atoms with Crippen LogP contribution in [0, 0.1) is 13.8 Å². The van der Waals surface area contributed by atoms with Crippen LogP contribution in [0.15, 0.2) is 66.7 Å². The van der Waals surface area contributed by atoms with E-state index in [1.54, 1.807) is 24.3 Å². The number of fused-ring (bicyclic) bond motifs is 1. The summed E-state index contributed by atoms with van der Waals surface area (Å²) in [6, 6.07) is 16.7. The SMILES string of the molecule is Cc1cc(Nc2nc3ccc(-c4cccc(C(=O)Nc5cccc(C(F)(F)F)c5)c4)nc3s2)nc(C)n1. The Labute approximate surface area is 213 Å². The Balaban J connectivity index is 1.37. The number of hydrogen-bond acceptors (Lipinski definition) is 7. The van der Waals surface area contributed by atoms with Gasteiger partial charge in [0.1, 0.15) is 22.0 Å². The molecule has 2 N–H and O–H groups in total. The van der Waals surface area contributed by atoms with E-state index in [9.17, 15) is 18.0 Å². The molecule has 0 bridgehead atoms. The Bertz CT molecular complexity index is 1610. The fourth-order valence-corrected chi connectivity index (χ4v) is 4.56. The number of pyridine rings is 1. The highest BCUT2D eigenvalue weighted by Gasteiger charge is 2.30. The van der Waals surface area contributed by atoms with Gasteiger partial charge in [-0.25, -0.2) is 19.9 Å². The van der Waals surface area contributed by atoms with Crippen LogP contribution >= 0.6 is 11.3 Å². The summed E-state index contributed by atoms with van der Waals surface area (Å²) >= 11 is 1.36. The highest BCUT2D eigenvalue weighted by molar-refractivity contribution is 7.21. The van der Waals surface area contributed by atoms with Gasteiger partial charge >= 0.3 is 6.18 Å². The summed E-state index contributed by atoms with van der Waals surface area (Å²) in [4.78, 5) is 31.3. The van der Waals surface area contributed by atoms with Crippen LogP contribution in [0.4, 0.5) is 29.8 Å². The first-order valence-electron chi connectivity index (χ1n) is 11.1. The normalized spacial score (nSPS) is 11.5. The smallest absolute Gasteiger partial charge is 0.322 e. The number of rotatable bonds is 5. The van der Waals surface area contributed by atoms with Crippen LogP contribution in [-0.4, -0.2) is 25.8 Å². The Morgan fingerprint density at radius 1 is 0.892 bits per heavy atom. The Morgan fingerprint density at radius 2 is 1.70 bits per heavy atom. The highest BCUT2D eigenvalue weighted by Crippen LogP contribution is 2.31. The zero-order valence-electron chi connectivity index (χ0n) is 19.6. The molecule has 3 heterocycles. The molecule has 0 aliphatic carbocycles. The molecule has 0 fully saturated rings. The van der Waals surface area contributed by atoms with Crippen molar-refractivity contribution in [1.82, 2.24) is 19.9 Å². The van der Waals surface area contributed by atoms with Gasteiger partial charge in [-0.3, -0.25) is 4.79 Å². The molecule has 3 aromatic heterocycles. The Kier molecular flexibility index (Phi) is 6.30. The number of anilines is 3. The van der Waals surface area contributed by atoms with Gasteiger partial charge in [-0.15, -0.1) is 0 Å². The number of nitrogens with zero attached hydrogens (tertiary/aromatic N) is 4. The van der Waals surface area contributed by atoms with Crippen molar-refractivity contribution in [2.75, 3.05) is 10.6 Å². The predicted octanol–water partition coefficient (Wildman–Crippen LogP) is 6.78. The third-order valence-corrected chi connectivity index (χ3v) is 6.21. The lowest BCUT2D eigenvalue weighted by Crippen LogP contribution is -2.13. The molecule has 0 saturated carbocycles. The summed E-state index contributed by atoms with van der Waals surface area (Å²) in [6.07, 6.45) is -4.50. The molecule has 7 nitrogen and oxygen atoms in total. The number of benzene rings is 2. The molecule has 37 heavy (non-hydrogen) atoms. The number of aromatic nitrogens is 4. The molecule has 0 saturated heterocycles. The summed E-state index contributed by atoms with van der Waals surface area (Å²) in [5.74, 6) is 0.770. The molecule has 0 atom stereocenters. The quantitative estimate of drug-likeness (QED) is 0.265. The van der Waals surface area contributed by atoms with Crippen molar-refractivity contribution in [2.24, 2.45) is 0 Å². The van der Waals surface area contributed by atoms with Crippen molar-refractivity contribution in [3.05, 3.63) is 89.4 Å². The average Bonchev–Trinajstić information content (AvgIpc) is 3.24. The van der Waals surface area contributed by atoms with Crippen LogP contribution < -0.4 is 10.6 Å². The number of thiazole rings is 1. The summed E-state index contributed by atoms with van der Waals surface area (Å²) < 4.78 is 39.0. The number of nitrogens with one attached hydrogen (secondary N) is 2. The van der Waals surface area contributed by atoms with Crippen LogP contribution in [0.25, 0.3) is 21.6 Å². The van der Waals surface area contributed by atoms with Gasteiger partial charge in [0, 0.05) is 28.6 Å². The van der Waals surface area contributed by atoms with Gasteiger partial charge in [0.15, 0.2) is 5.13 Å². The molecule has 0 radical (unpaired) electrons. The van der Waals surface area contributed by atoms with E-state index in [-0.39, 0.29) is 11.3 Å². The second-order valence-electron chi connectivity index (χ2n) is 8.22. The van der Waals surface area contributed by atoms with Gasteiger partial charge in [-0.05, 0) is 56.3 Å². The number of amides is 1. The predicted molar refractivity (Wildman–Crippen MR) is 137 cm³/mol. The van der Waals surface area contributed by atoms with Crippen molar-refractivity contribution >= 4 is 44.2 Å². The van der Waals surface area contributed by atoms with Crippen molar-refractivity contribution in [2.45, 2.75) is 20.0 Å². The van der Waals surface area contributed by atoms with E-state index in [1.165, 1.54) is 23.5 Å². The van der Waals surface area contributed by atoms with Crippen LogP contribution in [0.1, 0.15) is 27.4 Å². The van der Waals surface area contributed by atoms with E-state index in [0.717, 1.165) is 17.8 Å². The molecule has 5 rings (SSSR count). The lowest BCUT2D eigenvalue weighted by atomic mass is 10.1. The molecule has 0 aliphatic rings. The number of halogens is 3. The van der Waals surface area contributed by atoms with E-state index >= 15 is 0 Å². The van der Waals surface area contributed by atoms with Crippen molar-refractivity contribution in [1.29, 1.82) is 0 Å². The minimum Gasteiger partial charge on any atom is -0.322 e. The summed E-state index contributed by atoms with van der Waals surface area (Å²) in [6.45, 7) is 3.71. The molecule has 0 unspecified atom stereocenters. The number of carbonyl (C=O) groups is 1. The van der Waals surface area contributed by atoms with Gasteiger partial charge in [0.05, 0.1) is 11.3 Å². The number of carbonyl (C=O) groups excluding carboxylic acids is 1. The molecule has 2 aromatic carbocycles. The first-order valence-corrected chi connectivity index (χ1v) is 11.9. The van der Waals surface area contributed by atoms with Crippen LogP contribution in [0.2, 0.25) is 0 Å². The molecule has 1 amide bonds. The maximum absolute atomic E-state index is 13.0. The molecular weight excluding hydrogens is 501 g/mol. The van der Waals surface area contributed by atoms with Gasteiger partial charge < -0.3 is 10.6 Å². The third kappa shape index (κ3) is 5.56. The maximum atomic E-state index is 13.0. The molecule has 186 valence electrons. The third-order valence-electron chi connectivity index (χ3n) is 5.32. The molecule has 5 aromatic rings. The number of alkyl halides is 3. The summed E-state index contributed by atoms with van der Waals surface area (Å²) in [5.41, 5.74) is 2.38. The largest absolute Gasteiger partial charge is 0.416 e. The number of hydrogen-bond donors (Lipinski definition) is 2. The zero-order chi connectivity index (χ0) is 26.2. The van der Waals surface area contributed by atoms with Crippen LogP contribution in [0.5, 0.6) is 0 Å². The Morgan fingerprint density at radius 3 is 2.49 bits per heavy atom. The number of aryl methyl sites for hydroxylation is 2. The van der Waals surface area contributed by atoms with E-state index in [2.05, 4.69) is 25.6 Å². The average molecular weight is 521 g/mol. The fraction of sp³-hybridized carbons (Fsp3) is 0.115. The summed E-state index contributed by atoms with van der Waals surface area (Å²) in [5, 5.41) is 6.35. The minimum atomic E-state index is -4.50. The minimum absolute atomic E-state index is 0.0588. The first kappa shape index (κ1) is 24.3. The standard InChI is InChI=1S/C26H19F3N6OS/c1-14-11-22(31-15(2)30-14)35-25-34-21-10-9-20(33-24(21)37-25)16-5-3-6-17(12-16)23(36)32-19-8-4-7-18(13-19)26(27,28)29/h3-13H,1-2H3,(H,32,36)(H,30,31,34,35). The topological polar surface area (TPSA) is 92.7 Å². The van der Waals surface area contributed by atoms with Crippen molar-refractivity contribution < 1.29 is 18.0 Å². The van der Waals surface area contributed by atoms with E-state index in [0.29, 0.717) is 38.4 Å². The van der Waals surface area contributed by atoms with Crippen molar-refractivity contribution in [3.63, 3.8) is 0 Å². The van der Waals surface area contributed by atoms with Gasteiger partial charge in [-0.2, -0.15) is 13.2 Å². The zero-order valence-corrected chi connectivity index (χ0v) is 20.4. The maximum Gasteiger partial charge on any atom is 0.416 e. The van der Waals surface area contributed by atoms with E-state index in [1.807, 2.05) is 32.0 Å². The van der Waals surface area contributed by atoms with Crippen LogP contribution in [-0.2, 0) is 6.18 Å². The summed E-state index contributed by atoms with van der Waals surface area (Å²) in [7, 11) is 0. The van der Waals surface area contributed by atoms with Crippen molar-refractivity contribution in [3.8, 4) is 11.3 Å². The van der Waals surface area contributed by atoms with E-state index < -0.39 is 17.6 Å². The fourth-order valence-electron chi connectivity index (χ4n) is 3.72. The molecule has 11 heteroatoms. The second kappa shape index (κ2) is 9.58. The van der Waals surface area contributed by atoms with Gasteiger partial charge in [0.25, 0.3) is 5.91 Å². The molecule has 0 aliphatic heterocycles. The second-order valence-corrected chi connectivity index (χ2v) is 9.20. The van der Waals surface area contributed by atoms with E-state index in [4.69, 9.17) is 4.98 Å². The lowest BCUT2D eigenvalue weighted by Gasteiger charge is -2.10. The van der Waals surface area contributed by atoms with Gasteiger partial charge in [-0.1, -0.05) is 29.5 Å². The highest BCUT2D eigenvalue weighted by atomic mass is 32.1. The molecule has 0 spiro atoms.